The van der Waals surface area contributed by atoms with Gasteiger partial charge in [-0.1, -0.05) is 27.3 Å². The van der Waals surface area contributed by atoms with Gasteiger partial charge in [0.25, 0.3) is 0 Å². The summed E-state index contributed by atoms with van der Waals surface area (Å²) in [6.45, 7) is 0. The van der Waals surface area contributed by atoms with Crippen LogP contribution in [0.2, 0.25) is 0 Å². The summed E-state index contributed by atoms with van der Waals surface area (Å²) in [6, 6.07) is 5.53. The molecule has 0 heterocycles. The lowest BCUT2D eigenvalue weighted by Crippen LogP contribution is -2.35. The molecule has 1 rings (SSSR count). The van der Waals surface area contributed by atoms with Crippen LogP contribution in [0, 0.1) is 0 Å². The SMILES string of the molecule is Nc1ccc(CC(P(=O)([O-])[O-])P(=O)([O-])[O-])cc1. The van der Waals surface area contributed by atoms with Crippen molar-refractivity contribution < 1.29 is 28.7 Å². The Hall–Kier alpha value is -0.680. The summed E-state index contributed by atoms with van der Waals surface area (Å²) in [4.78, 5) is 42.9. The van der Waals surface area contributed by atoms with Crippen molar-refractivity contribution in [3.63, 3.8) is 0 Å². The minimum Gasteiger partial charge on any atom is -0.810 e. The Morgan fingerprint density at radius 2 is 1.41 bits per heavy atom. The van der Waals surface area contributed by atoms with Crippen LogP contribution in [0.15, 0.2) is 24.3 Å². The summed E-state index contributed by atoms with van der Waals surface area (Å²) in [7, 11) is -11.0. The van der Waals surface area contributed by atoms with Crippen molar-refractivity contribution in [3.8, 4) is 0 Å². The number of nitrogens with two attached hydrogens (primary N) is 1. The Morgan fingerprint density at radius 3 is 1.76 bits per heavy atom. The number of rotatable bonds is 4. The largest absolute Gasteiger partial charge is 0.810 e. The molecule has 1 aromatic rings. The van der Waals surface area contributed by atoms with Crippen LogP contribution in [0.4, 0.5) is 5.69 Å². The number of anilines is 1. The Kier molecular flexibility index (Phi) is 4.15. The summed E-state index contributed by atoms with van der Waals surface area (Å²) in [6.07, 6.45) is -0.658. The number of hydrogen-bond donors (Lipinski definition) is 1. The maximum absolute atomic E-state index is 10.7. The van der Waals surface area contributed by atoms with Crippen LogP contribution in [0.3, 0.4) is 0 Å². The molecule has 9 heteroatoms. The van der Waals surface area contributed by atoms with Gasteiger partial charge in [-0.15, -0.1) is 0 Å². The zero-order chi connectivity index (χ0) is 13.3. The van der Waals surface area contributed by atoms with E-state index in [4.69, 9.17) is 5.73 Å². The highest BCUT2D eigenvalue weighted by Crippen LogP contribution is 2.51. The van der Waals surface area contributed by atoms with E-state index in [2.05, 4.69) is 0 Å². The number of hydrogen-bond acceptors (Lipinski definition) is 7. The van der Waals surface area contributed by atoms with E-state index in [1.165, 1.54) is 24.3 Å². The topological polar surface area (TPSA) is 152 Å². The fraction of sp³-hybridized carbons (Fsp3) is 0.250. The third kappa shape index (κ3) is 4.24. The molecule has 1 aromatic carbocycles. The Morgan fingerprint density at radius 1 is 1.00 bits per heavy atom. The van der Waals surface area contributed by atoms with Gasteiger partial charge in [0.1, 0.15) is 0 Å². The van der Waals surface area contributed by atoms with Crippen LogP contribution in [0.5, 0.6) is 0 Å². The molecule has 0 aliphatic heterocycles. The van der Waals surface area contributed by atoms with E-state index in [0.717, 1.165) is 0 Å². The fourth-order valence-electron chi connectivity index (χ4n) is 1.26. The van der Waals surface area contributed by atoms with Crippen molar-refractivity contribution in [2.75, 3.05) is 5.73 Å². The summed E-state index contributed by atoms with van der Waals surface area (Å²) < 4.78 is 21.4. The highest BCUT2D eigenvalue weighted by molar-refractivity contribution is 7.68. The molecule has 96 valence electrons. The molecule has 0 unspecified atom stereocenters. The van der Waals surface area contributed by atoms with Gasteiger partial charge >= 0.3 is 0 Å². The van der Waals surface area contributed by atoms with Gasteiger partial charge in [-0.05, 0) is 24.1 Å². The Balaban J connectivity index is 3.00. The molecule has 2 N–H and O–H groups in total. The molecule has 0 radical (unpaired) electrons. The maximum Gasteiger partial charge on any atom is 0.0314 e. The molecule has 0 amide bonds. The second kappa shape index (κ2) is 4.90. The van der Waals surface area contributed by atoms with E-state index in [9.17, 15) is 28.7 Å². The predicted molar refractivity (Wildman–Crippen MR) is 53.6 cm³/mol. The summed E-state index contributed by atoms with van der Waals surface area (Å²) in [5.41, 5.74) is 6.01. The second-order valence-corrected chi connectivity index (χ2v) is 7.32. The second-order valence-electron chi connectivity index (χ2n) is 3.51. The van der Waals surface area contributed by atoms with Crippen molar-refractivity contribution in [2.24, 2.45) is 0 Å². The monoisotopic (exact) mass is 277 g/mol. The fourth-order valence-corrected chi connectivity index (χ4v) is 3.52. The summed E-state index contributed by atoms with van der Waals surface area (Å²) in [5, 5.41) is -2.46. The lowest BCUT2D eigenvalue weighted by atomic mass is 10.1. The van der Waals surface area contributed by atoms with Crippen molar-refractivity contribution in [1.29, 1.82) is 0 Å². The average molecular weight is 277 g/mol. The smallest absolute Gasteiger partial charge is 0.0314 e. The first-order chi connectivity index (χ1) is 7.60. The zero-order valence-corrected chi connectivity index (χ0v) is 10.3. The van der Waals surface area contributed by atoms with Gasteiger partial charge in [0.2, 0.25) is 0 Å². The normalized spacial score (nSPS) is 13.0. The minimum absolute atomic E-state index is 0.239. The standard InChI is InChI=1S/C8H13NO6P2/c9-7-3-1-6(2-4-7)5-8(16(10,11)12)17(13,14)15/h1-4,8H,5,9H2,(H2,10,11,12)(H2,13,14,15)/p-4. The molecule has 0 aliphatic rings. The highest BCUT2D eigenvalue weighted by Gasteiger charge is 2.17. The van der Waals surface area contributed by atoms with Gasteiger partial charge in [-0.25, -0.2) is 0 Å². The molecule has 7 nitrogen and oxygen atoms in total. The van der Waals surface area contributed by atoms with Crippen molar-refractivity contribution in [1.82, 2.24) is 0 Å². The highest BCUT2D eigenvalue weighted by atomic mass is 31.2. The van der Waals surface area contributed by atoms with E-state index in [1.807, 2.05) is 0 Å². The summed E-state index contributed by atoms with van der Waals surface area (Å²) in [5.74, 6) is 0. The Bertz CT molecular complexity index is 453. The van der Waals surface area contributed by atoms with Crippen LogP contribution >= 0.6 is 15.2 Å². The van der Waals surface area contributed by atoms with Gasteiger partial charge in [0.15, 0.2) is 0 Å². The van der Waals surface area contributed by atoms with E-state index >= 15 is 0 Å². The third-order valence-corrected chi connectivity index (χ3v) is 5.65. The van der Waals surface area contributed by atoms with Crippen molar-refractivity contribution in [2.45, 2.75) is 11.8 Å². The number of nitrogen functional groups attached to an aromatic ring is 1. The first-order valence-corrected chi connectivity index (χ1v) is 7.71. The van der Waals surface area contributed by atoms with Crippen LogP contribution < -0.4 is 25.3 Å². The molecule has 0 aliphatic carbocycles. The lowest BCUT2D eigenvalue weighted by molar-refractivity contribution is -0.329. The first-order valence-electron chi connectivity index (χ1n) is 4.48. The molecule has 0 saturated heterocycles. The van der Waals surface area contributed by atoms with Crippen LogP contribution in [-0.2, 0) is 15.6 Å². The van der Waals surface area contributed by atoms with Gasteiger partial charge in [0, 0.05) is 11.1 Å². The molecular weight excluding hydrogens is 268 g/mol. The summed E-state index contributed by atoms with van der Waals surface area (Å²) >= 11 is 0. The van der Waals surface area contributed by atoms with Gasteiger partial charge < -0.3 is 34.4 Å². The minimum atomic E-state index is -5.49. The van der Waals surface area contributed by atoms with Gasteiger partial charge in [-0.2, -0.15) is 0 Å². The molecule has 0 spiro atoms. The molecule has 0 saturated carbocycles. The number of benzene rings is 1. The molecular formula is C8H9NO6P2-4. The van der Waals surface area contributed by atoms with Crippen LogP contribution in [-0.4, -0.2) is 5.40 Å². The van der Waals surface area contributed by atoms with Gasteiger partial charge in [0.05, 0.1) is 0 Å². The zero-order valence-electron chi connectivity index (χ0n) is 8.52. The van der Waals surface area contributed by atoms with E-state index in [0.29, 0.717) is 5.69 Å². The molecule has 0 aromatic heterocycles. The van der Waals surface area contributed by atoms with Gasteiger partial charge in [-0.3, -0.25) is 0 Å². The Labute approximate surface area is 97.6 Å². The molecule has 0 fully saturated rings. The first kappa shape index (κ1) is 14.4. The predicted octanol–water partition coefficient (Wildman–Crippen LogP) is -2.04. The van der Waals surface area contributed by atoms with Crippen molar-refractivity contribution >= 4 is 20.9 Å². The van der Waals surface area contributed by atoms with Crippen molar-refractivity contribution in [3.05, 3.63) is 29.8 Å². The molecule has 0 bridgehead atoms. The molecule has 17 heavy (non-hydrogen) atoms. The average Bonchev–Trinajstić information content (AvgIpc) is 2.13. The third-order valence-electron chi connectivity index (χ3n) is 2.13. The molecule has 0 atom stereocenters. The van der Waals surface area contributed by atoms with E-state index < -0.39 is 27.0 Å². The van der Waals surface area contributed by atoms with Crippen LogP contribution in [0.25, 0.3) is 0 Å². The van der Waals surface area contributed by atoms with E-state index in [-0.39, 0.29) is 5.56 Å². The van der Waals surface area contributed by atoms with Crippen LogP contribution in [0.1, 0.15) is 5.56 Å². The maximum atomic E-state index is 10.7. The lowest BCUT2D eigenvalue weighted by Gasteiger charge is -2.49. The van der Waals surface area contributed by atoms with E-state index in [1.54, 1.807) is 0 Å². The quantitative estimate of drug-likeness (QED) is 0.491.